The lowest BCUT2D eigenvalue weighted by Gasteiger charge is -2.26. The zero-order chi connectivity index (χ0) is 12.0. The molecule has 0 saturated heterocycles. The molecule has 16 heavy (non-hydrogen) atoms. The van der Waals surface area contributed by atoms with Crippen molar-refractivity contribution in [3.63, 3.8) is 0 Å². The summed E-state index contributed by atoms with van der Waals surface area (Å²) >= 11 is 0. The van der Waals surface area contributed by atoms with Gasteiger partial charge in [0, 0.05) is 19.6 Å². The maximum Gasteiger partial charge on any atom is 0.0233 e. The van der Waals surface area contributed by atoms with Crippen LogP contribution in [0.5, 0.6) is 0 Å². The topological polar surface area (TPSA) is 3.24 Å². The minimum Gasteiger partial charge on any atom is -0.299 e. The standard InChI is InChI=1S/C15H25N/c1-13(2)10-16(11-14(3)4)12-15-8-6-5-7-9-15/h5-9,13-14H,10-12H2,1-4H3. The monoisotopic (exact) mass is 219 g/mol. The maximum atomic E-state index is 2.56. The number of nitrogens with zero attached hydrogens (tertiary/aromatic N) is 1. The van der Waals surface area contributed by atoms with Gasteiger partial charge in [0.2, 0.25) is 0 Å². The average molecular weight is 219 g/mol. The van der Waals surface area contributed by atoms with Crippen LogP contribution in [0.15, 0.2) is 30.3 Å². The lowest BCUT2D eigenvalue weighted by atomic mass is 10.1. The van der Waals surface area contributed by atoms with Crippen LogP contribution in [-0.4, -0.2) is 18.0 Å². The van der Waals surface area contributed by atoms with Gasteiger partial charge < -0.3 is 0 Å². The molecule has 0 atom stereocenters. The van der Waals surface area contributed by atoms with E-state index < -0.39 is 0 Å². The van der Waals surface area contributed by atoms with Crippen molar-refractivity contribution in [1.29, 1.82) is 0 Å². The quantitative estimate of drug-likeness (QED) is 0.703. The van der Waals surface area contributed by atoms with Crippen LogP contribution in [0.1, 0.15) is 33.3 Å². The highest BCUT2D eigenvalue weighted by atomic mass is 15.1. The normalized spacial score (nSPS) is 11.7. The summed E-state index contributed by atoms with van der Waals surface area (Å²) in [5.41, 5.74) is 1.42. The van der Waals surface area contributed by atoms with E-state index in [1.54, 1.807) is 0 Å². The number of benzene rings is 1. The predicted molar refractivity (Wildman–Crippen MR) is 71.4 cm³/mol. The molecule has 0 heterocycles. The number of hydrogen-bond acceptors (Lipinski definition) is 1. The first-order chi connectivity index (χ1) is 7.58. The van der Waals surface area contributed by atoms with Crippen molar-refractivity contribution in [2.45, 2.75) is 34.2 Å². The SMILES string of the molecule is CC(C)CN(Cc1ccccc1)CC(C)C. The molecular weight excluding hydrogens is 194 g/mol. The molecule has 0 spiro atoms. The highest BCUT2D eigenvalue weighted by Gasteiger charge is 2.09. The first kappa shape index (κ1) is 13.2. The first-order valence-electron chi connectivity index (χ1n) is 6.34. The van der Waals surface area contributed by atoms with Gasteiger partial charge in [-0.25, -0.2) is 0 Å². The van der Waals surface area contributed by atoms with Gasteiger partial charge in [-0.05, 0) is 17.4 Å². The van der Waals surface area contributed by atoms with Crippen LogP contribution >= 0.6 is 0 Å². The van der Waals surface area contributed by atoms with E-state index in [0.29, 0.717) is 0 Å². The van der Waals surface area contributed by atoms with Crippen LogP contribution < -0.4 is 0 Å². The molecule has 0 amide bonds. The van der Waals surface area contributed by atoms with Crippen LogP contribution in [0.25, 0.3) is 0 Å². The molecule has 0 aromatic heterocycles. The van der Waals surface area contributed by atoms with Gasteiger partial charge in [0.05, 0.1) is 0 Å². The van der Waals surface area contributed by atoms with Crippen molar-refractivity contribution >= 4 is 0 Å². The summed E-state index contributed by atoms with van der Waals surface area (Å²) in [6.45, 7) is 12.6. The van der Waals surface area contributed by atoms with E-state index in [9.17, 15) is 0 Å². The Hall–Kier alpha value is -0.820. The van der Waals surface area contributed by atoms with E-state index in [1.165, 1.54) is 18.7 Å². The summed E-state index contributed by atoms with van der Waals surface area (Å²) in [6, 6.07) is 10.8. The third-order valence-corrected chi connectivity index (χ3v) is 2.50. The van der Waals surface area contributed by atoms with E-state index in [0.717, 1.165) is 18.4 Å². The maximum absolute atomic E-state index is 2.56. The molecule has 0 unspecified atom stereocenters. The summed E-state index contributed by atoms with van der Waals surface area (Å²) in [4.78, 5) is 2.56. The van der Waals surface area contributed by atoms with Crippen molar-refractivity contribution < 1.29 is 0 Å². The predicted octanol–water partition coefficient (Wildman–Crippen LogP) is 3.80. The van der Waals surface area contributed by atoms with Gasteiger partial charge in [0.15, 0.2) is 0 Å². The summed E-state index contributed by atoms with van der Waals surface area (Å²) in [5, 5.41) is 0. The smallest absolute Gasteiger partial charge is 0.0233 e. The van der Waals surface area contributed by atoms with Crippen LogP contribution in [0, 0.1) is 11.8 Å². The second kappa shape index (κ2) is 6.70. The Morgan fingerprint density at radius 3 is 1.81 bits per heavy atom. The second-order valence-corrected chi connectivity index (χ2v) is 5.47. The van der Waals surface area contributed by atoms with E-state index in [4.69, 9.17) is 0 Å². The molecule has 1 nitrogen and oxygen atoms in total. The van der Waals surface area contributed by atoms with Crippen molar-refractivity contribution in [2.24, 2.45) is 11.8 Å². The van der Waals surface area contributed by atoms with Crippen molar-refractivity contribution in [3.8, 4) is 0 Å². The second-order valence-electron chi connectivity index (χ2n) is 5.47. The highest BCUT2D eigenvalue weighted by molar-refractivity contribution is 5.14. The van der Waals surface area contributed by atoms with Crippen LogP contribution in [0.3, 0.4) is 0 Å². The molecule has 0 radical (unpaired) electrons. The summed E-state index contributed by atoms with van der Waals surface area (Å²) < 4.78 is 0. The molecule has 1 aromatic rings. The highest BCUT2D eigenvalue weighted by Crippen LogP contribution is 2.09. The fourth-order valence-electron chi connectivity index (χ4n) is 2.08. The fourth-order valence-corrected chi connectivity index (χ4v) is 2.08. The Morgan fingerprint density at radius 2 is 1.38 bits per heavy atom. The Balaban J connectivity index is 2.56. The minimum atomic E-state index is 0.738. The van der Waals surface area contributed by atoms with Crippen molar-refractivity contribution in [3.05, 3.63) is 35.9 Å². The first-order valence-corrected chi connectivity index (χ1v) is 6.34. The van der Waals surface area contributed by atoms with Gasteiger partial charge in [0.25, 0.3) is 0 Å². The third-order valence-electron chi connectivity index (χ3n) is 2.50. The minimum absolute atomic E-state index is 0.738. The van der Waals surface area contributed by atoms with Gasteiger partial charge in [-0.15, -0.1) is 0 Å². The van der Waals surface area contributed by atoms with Gasteiger partial charge in [-0.3, -0.25) is 4.90 Å². The molecule has 0 fully saturated rings. The number of rotatable bonds is 6. The van der Waals surface area contributed by atoms with Crippen molar-refractivity contribution in [2.75, 3.05) is 13.1 Å². The molecule has 0 aliphatic carbocycles. The molecule has 90 valence electrons. The van der Waals surface area contributed by atoms with E-state index in [-0.39, 0.29) is 0 Å². The van der Waals surface area contributed by atoms with E-state index >= 15 is 0 Å². The number of hydrogen-bond donors (Lipinski definition) is 0. The zero-order valence-electron chi connectivity index (χ0n) is 11.1. The van der Waals surface area contributed by atoms with Crippen molar-refractivity contribution in [1.82, 2.24) is 4.90 Å². The lowest BCUT2D eigenvalue weighted by molar-refractivity contribution is 0.211. The fraction of sp³-hybridized carbons (Fsp3) is 0.600. The Labute approximate surface area is 100 Å². The van der Waals surface area contributed by atoms with Gasteiger partial charge in [-0.1, -0.05) is 58.0 Å². The third kappa shape index (κ3) is 5.32. The molecule has 0 saturated carbocycles. The molecule has 1 aromatic carbocycles. The Bertz CT molecular complexity index is 267. The van der Waals surface area contributed by atoms with Crippen LogP contribution in [0.2, 0.25) is 0 Å². The summed E-state index contributed by atoms with van der Waals surface area (Å²) in [6.07, 6.45) is 0. The van der Waals surface area contributed by atoms with E-state index in [2.05, 4.69) is 62.9 Å². The molecule has 1 rings (SSSR count). The average Bonchev–Trinajstić information content (AvgIpc) is 2.16. The Morgan fingerprint density at radius 1 is 0.875 bits per heavy atom. The molecule has 0 aliphatic heterocycles. The summed E-state index contributed by atoms with van der Waals surface area (Å²) in [7, 11) is 0. The molecule has 0 aliphatic rings. The Kier molecular flexibility index (Phi) is 5.54. The molecule has 1 heteroatoms. The van der Waals surface area contributed by atoms with Gasteiger partial charge in [-0.2, -0.15) is 0 Å². The summed E-state index contributed by atoms with van der Waals surface area (Å²) in [5.74, 6) is 1.48. The van der Waals surface area contributed by atoms with Crippen LogP contribution in [-0.2, 0) is 6.54 Å². The van der Waals surface area contributed by atoms with Gasteiger partial charge in [0.1, 0.15) is 0 Å². The molecule has 0 N–H and O–H groups in total. The zero-order valence-corrected chi connectivity index (χ0v) is 11.1. The lowest BCUT2D eigenvalue weighted by Crippen LogP contribution is -2.30. The van der Waals surface area contributed by atoms with Crippen LogP contribution in [0.4, 0.5) is 0 Å². The van der Waals surface area contributed by atoms with E-state index in [1.807, 2.05) is 0 Å². The largest absolute Gasteiger partial charge is 0.299 e. The molecule has 0 bridgehead atoms. The molecular formula is C15H25N. The van der Waals surface area contributed by atoms with Gasteiger partial charge >= 0.3 is 0 Å².